The molecule has 2 rings (SSSR count). The Labute approximate surface area is 128 Å². The molecule has 22 heavy (non-hydrogen) atoms. The van der Waals surface area contributed by atoms with E-state index in [9.17, 15) is 9.59 Å². The molecule has 7 heteroatoms. The standard InChI is InChI=1S/C15H20N4O3/c1-10-6-12-13(7-11(10)2)19(9-17-12)8-14(20)18-15(21)16-4-5-22-3/h6-7,9H,4-5,8H2,1-3H3,(H2,16,18,20,21). The van der Waals surface area contributed by atoms with Gasteiger partial charge >= 0.3 is 6.03 Å². The molecule has 0 bridgehead atoms. The van der Waals surface area contributed by atoms with Crippen molar-refractivity contribution in [3.8, 4) is 0 Å². The molecule has 0 saturated heterocycles. The molecule has 0 unspecified atom stereocenters. The van der Waals surface area contributed by atoms with Crippen LogP contribution in [0.3, 0.4) is 0 Å². The normalized spacial score (nSPS) is 10.7. The van der Waals surface area contributed by atoms with Crippen LogP contribution in [0.15, 0.2) is 18.5 Å². The van der Waals surface area contributed by atoms with Gasteiger partial charge in [0.2, 0.25) is 5.91 Å². The first-order chi connectivity index (χ1) is 10.5. The van der Waals surface area contributed by atoms with Crippen LogP contribution in [0, 0.1) is 13.8 Å². The SMILES string of the molecule is COCCNC(=O)NC(=O)Cn1cnc2cc(C)c(C)cc21. The van der Waals surface area contributed by atoms with Crippen molar-refractivity contribution in [2.45, 2.75) is 20.4 Å². The number of amides is 3. The number of nitrogens with zero attached hydrogens (tertiary/aromatic N) is 2. The molecule has 1 aromatic heterocycles. The molecular weight excluding hydrogens is 284 g/mol. The van der Waals surface area contributed by atoms with Crippen LogP contribution in [0.4, 0.5) is 4.79 Å². The fourth-order valence-electron chi connectivity index (χ4n) is 2.07. The van der Waals surface area contributed by atoms with Crippen molar-refractivity contribution in [2.24, 2.45) is 0 Å². The van der Waals surface area contributed by atoms with E-state index in [-0.39, 0.29) is 6.54 Å². The van der Waals surface area contributed by atoms with E-state index in [4.69, 9.17) is 4.74 Å². The summed E-state index contributed by atoms with van der Waals surface area (Å²) in [6.45, 7) is 4.81. The van der Waals surface area contributed by atoms with Crippen LogP contribution in [0.5, 0.6) is 0 Å². The second kappa shape index (κ2) is 7.04. The van der Waals surface area contributed by atoms with Crippen LogP contribution in [-0.4, -0.2) is 41.8 Å². The van der Waals surface area contributed by atoms with Crippen LogP contribution >= 0.6 is 0 Å². The van der Waals surface area contributed by atoms with Gasteiger partial charge in [0.05, 0.1) is 24.0 Å². The molecule has 0 aliphatic carbocycles. The zero-order chi connectivity index (χ0) is 16.1. The summed E-state index contributed by atoms with van der Waals surface area (Å²) in [6.07, 6.45) is 1.60. The largest absolute Gasteiger partial charge is 0.383 e. The highest BCUT2D eigenvalue weighted by Crippen LogP contribution is 2.18. The first-order valence-electron chi connectivity index (χ1n) is 7.00. The van der Waals surface area contributed by atoms with Crippen molar-refractivity contribution in [1.82, 2.24) is 20.2 Å². The number of hydrogen-bond donors (Lipinski definition) is 2. The molecule has 0 aliphatic rings. The maximum Gasteiger partial charge on any atom is 0.321 e. The second-order valence-corrected chi connectivity index (χ2v) is 5.09. The number of urea groups is 1. The number of nitrogens with one attached hydrogen (secondary N) is 2. The molecule has 1 heterocycles. The monoisotopic (exact) mass is 304 g/mol. The fraction of sp³-hybridized carbons (Fsp3) is 0.400. The third kappa shape index (κ3) is 3.82. The minimum absolute atomic E-state index is 0.0384. The Balaban J connectivity index is 2.00. The summed E-state index contributed by atoms with van der Waals surface area (Å²) in [5.41, 5.74) is 3.99. The highest BCUT2D eigenvalue weighted by molar-refractivity contribution is 5.94. The van der Waals surface area contributed by atoms with E-state index in [2.05, 4.69) is 15.6 Å². The van der Waals surface area contributed by atoms with Crippen molar-refractivity contribution in [1.29, 1.82) is 0 Å². The van der Waals surface area contributed by atoms with Crippen molar-refractivity contribution < 1.29 is 14.3 Å². The van der Waals surface area contributed by atoms with Crippen molar-refractivity contribution in [3.63, 3.8) is 0 Å². The summed E-state index contributed by atoms with van der Waals surface area (Å²) in [6, 6.07) is 3.44. The van der Waals surface area contributed by atoms with Gasteiger partial charge in [-0.15, -0.1) is 0 Å². The Bertz CT molecular complexity index is 693. The molecule has 0 spiro atoms. The van der Waals surface area contributed by atoms with Gasteiger partial charge in [0.25, 0.3) is 0 Å². The number of hydrogen-bond acceptors (Lipinski definition) is 4. The van der Waals surface area contributed by atoms with E-state index in [1.807, 2.05) is 26.0 Å². The van der Waals surface area contributed by atoms with Gasteiger partial charge in [-0.25, -0.2) is 9.78 Å². The first kappa shape index (κ1) is 16.0. The lowest BCUT2D eigenvalue weighted by Gasteiger charge is -2.08. The lowest BCUT2D eigenvalue weighted by molar-refractivity contribution is -0.120. The van der Waals surface area contributed by atoms with Crippen LogP contribution in [0.1, 0.15) is 11.1 Å². The summed E-state index contributed by atoms with van der Waals surface area (Å²) >= 11 is 0. The van der Waals surface area contributed by atoms with Gasteiger partial charge in [0, 0.05) is 13.7 Å². The molecular formula is C15H20N4O3. The number of aromatic nitrogens is 2. The average molecular weight is 304 g/mol. The van der Waals surface area contributed by atoms with Gasteiger partial charge in [-0.1, -0.05) is 0 Å². The number of benzene rings is 1. The second-order valence-electron chi connectivity index (χ2n) is 5.09. The van der Waals surface area contributed by atoms with E-state index < -0.39 is 11.9 Å². The topological polar surface area (TPSA) is 85.3 Å². The van der Waals surface area contributed by atoms with Crippen LogP contribution < -0.4 is 10.6 Å². The number of ether oxygens (including phenoxy) is 1. The Hall–Kier alpha value is -2.41. The highest BCUT2D eigenvalue weighted by Gasteiger charge is 2.11. The van der Waals surface area contributed by atoms with Gasteiger partial charge in [0.1, 0.15) is 6.54 Å². The van der Waals surface area contributed by atoms with E-state index in [1.54, 1.807) is 18.0 Å². The van der Waals surface area contributed by atoms with Crippen LogP contribution in [0.2, 0.25) is 0 Å². The smallest absolute Gasteiger partial charge is 0.321 e. The molecule has 2 N–H and O–H groups in total. The Kier molecular flexibility index (Phi) is 5.11. The number of imide groups is 1. The molecule has 0 aliphatic heterocycles. The molecule has 0 fully saturated rings. The number of rotatable bonds is 5. The fourth-order valence-corrected chi connectivity index (χ4v) is 2.07. The molecule has 1 aromatic carbocycles. The molecule has 0 radical (unpaired) electrons. The summed E-state index contributed by atoms with van der Waals surface area (Å²) in [7, 11) is 1.54. The summed E-state index contributed by atoms with van der Waals surface area (Å²) in [5.74, 6) is -0.396. The zero-order valence-electron chi connectivity index (χ0n) is 13.0. The van der Waals surface area contributed by atoms with E-state index in [0.717, 1.165) is 22.2 Å². The van der Waals surface area contributed by atoms with Crippen LogP contribution in [0.25, 0.3) is 11.0 Å². The van der Waals surface area contributed by atoms with Crippen molar-refractivity contribution in [3.05, 3.63) is 29.6 Å². The molecule has 0 saturated carbocycles. The van der Waals surface area contributed by atoms with Gasteiger partial charge in [-0.3, -0.25) is 10.1 Å². The van der Waals surface area contributed by atoms with Crippen molar-refractivity contribution in [2.75, 3.05) is 20.3 Å². The maximum absolute atomic E-state index is 11.9. The summed E-state index contributed by atoms with van der Waals surface area (Å²) in [5, 5.41) is 4.80. The minimum atomic E-state index is -0.529. The highest BCUT2D eigenvalue weighted by atomic mass is 16.5. The van der Waals surface area contributed by atoms with Gasteiger partial charge in [-0.05, 0) is 37.1 Å². The predicted molar refractivity (Wildman–Crippen MR) is 82.6 cm³/mol. The van der Waals surface area contributed by atoms with Crippen molar-refractivity contribution >= 4 is 23.0 Å². The summed E-state index contributed by atoms with van der Waals surface area (Å²) in [4.78, 5) is 27.7. The predicted octanol–water partition coefficient (Wildman–Crippen LogP) is 1.13. The number of methoxy groups -OCH3 is 1. The Morgan fingerprint density at radius 1 is 1.27 bits per heavy atom. The third-order valence-electron chi connectivity index (χ3n) is 3.40. The third-order valence-corrected chi connectivity index (χ3v) is 3.40. The lowest BCUT2D eigenvalue weighted by atomic mass is 10.1. The number of aryl methyl sites for hydroxylation is 2. The zero-order valence-corrected chi connectivity index (χ0v) is 13.0. The van der Waals surface area contributed by atoms with E-state index in [1.165, 1.54) is 0 Å². The Morgan fingerprint density at radius 2 is 2.00 bits per heavy atom. The number of fused-ring (bicyclic) bond motifs is 1. The average Bonchev–Trinajstić information content (AvgIpc) is 2.82. The lowest BCUT2D eigenvalue weighted by Crippen LogP contribution is -2.42. The van der Waals surface area contributed by atoms with Gasteiger partial charge in [-0.2, -0.15) is 0 Å². The minimum Gasteiger partial charge on any atom is -0.383 e. The molecule has 118 valence electrons. The maximum atomic E-state index is 11.9. The molecule has 3 amide bonds. The van der Waals surface area contributed by atoms with Crippen LogP contribution in [-0.2, 0) is 16.1 Å². The summed E-state index contributed by atoms with van der Waals surface area (Å²) < 4.78 is 6.53. The molecule has 7 nitrogen and oxygen atoms in total. The van der Waals surface area contributed by atoms with E-state index >= 15 is 0 Å². The number of carbonyl (C=O) groups excluding carboxylic acids is 2. The Morgan fingerprint density at radius 3 is 2.73 bits per heavy atom. The number of carbonyl (C=O) groups is 2. The quantitative estimate of drug-likeness (QED) is 0.811. The molecule has 2 aromatic rings. The first-order valence-corrected chi connectivity index (χ1v) is 7.00. The van der Waals surface area contributed by atoms with Gasteiger partial charge < -0.3 is 14.6 Å². The van der Waals surface area contributed by atoms with Gasteiger partial charge in [0.15, 0.2) is 0 Å². The van der Waals surface area contributed by atoms with E-state index in [0.29, 0.717) is 13.2 Å². The number of imidazole rings is 1. The molecule has 0 atom stereocenters.